The van der Waals surface area contributed by atoms with E-state index in [-0.39, 0.29) is 5.69 Å². The minimum Gasteiger partial charge on any atom is -0.481 e. The molecular formula is C10H13N3O3. The van der Waals surface area contributed by atoms with Gasteiger partial charge in [0, 0.05) is 18.2 Å². The summed E-state index contributed by atoms with van der Waals surface area (Å²) in [7, 11) is 1.49. The second-order valence-electron chi connectivity index (χ2n) is 3.75. The number of pyridine rings is 1. The van der Waals surface area contributed by atoms with Gasteiger partial charge in [-0.15, -0.1) is 0 Å². The average Bonchev–Trinajstić information content (AvgIpc) is 2.22. The van der Waals surface area contributed by atoms with Gasteiger partial charge in [0.25, 0.3) is 0 Å². The maximum atomic E-state index is 10.8. The van der Waals surface area contributed by atoms with Gasteiger partial charge in [0.15, 0.2) is 0 Å². The summed E-state index contributed by atoms with van der Waals surface area (Å²) in [6, 6.07) is 3.20. The molecule has 1 N–H and O–H groups in total. The van der Waals surface area contributed by atoms with Crippen molar-refractivity contribution in [1.82, 2.24) is 4.98 Å². The van der Waals surface area contributed by atoms with E-state index in [1.54, 1.807) is 0 Å². The third-order valence-corrected chi connectivity index (χ3v) is 2.70. The van der Waals surface area contributed by atoms with Crippen LogP contribution in [0.5, 0.6) is 5.88 Å². The number of nitrogens with zero attached hydrogens (tertiary/aromatic N) is 2. The maximum Gasteiger partial charge on any atom is 0.311 e. The minimum absolute atomic E-state index is 0.00676. The van der Waals surface area contributed by atoms with Crippen molar-refractivity contribution in [3.8, 4) is 5.88 Å². The minimum atomic E-state index is -0.437. The molecule has 0 amide bonds. The van der Waals surface area contributed by atoms with Crippen molar-refractivity contribution in [2.45, 2.75) is 25.3 Å². The van der Waals surface area contributed by atoms with Crippen molar-refractivity contribution in [2.75, 3.05) is 12.4 Å². The summed E-state index contributed by atoms with van der Waals surface area (Å²) in [5.74, 6) is 0.682. The summed E-state index contributed by atoms with van der Waals surface area (Å²) in [5.41, 5.74) is -0.00676. The van der Waals surface area contributed by atoms with E-state index in [0.717, 1.165) is 19.3 Å². The largest absolute Gasteiger partial charge is 0.481 e. The second kappa shape index (κ2) is 4.34. The SMILES string of the molecule is COc1ccc([N+](=O)[O-])c(NC2CCC2)n1. The van der Waals surface area contributed by atoms with Gasteiger partial charge in [-0.25, -0.2) is 0 Å². The molecule has 0 atom stereocenters. The van der Waals surface area contributed by atoms with E-state index >= 15 is 0 Å². The molecule has 6 nitrogen and oxygen atoms in total. The normalized spacial score (nSPS) is 15.3. The Morgan fingerprint density at radius 1 is 1.56 bits per heavy atom. The quantitative estimate of drug-likeness (QED) is 0.623. The molecular weight excluding hydrogens is 210 g/mol. The molecule has 1 aliphatic carbocycles. The number of aromatic nitrogens is 1. The van der Waals surface area contributed by atoms with E-state index in [1.165, 1.54) is 19.2 Å². The number of anilines is 1. The predicted octanol–water partition coefficient (Wildman–Crippen LogP) is 1.96. The zero-order valence-corrected chi connectivity index (χ0v) is 8.97. The first-order valence-corrected chi connectivity index (χ1v) is 5.16. The Labute approximate surface area is 92.8 Å². The van der Waals surface area contributed by atoms with Crippen molar-refractivity contribution in [3.63, 3.8) is 0 Å². The van der Waals surface area contributed by atoms with Crippen LogP contribution < -0.4 is 10.1 Å². The summed E-state index contributed by atoms with van der Waals surface area (Å²) in [5, 5.41) is 13.9. The number of hydrogen-bond acceptors (Lipinski definition) is 5. The molecule has 1 aromatic rings. The summed E-state index contributed by atoms with van der Waals surface area (Å²) in [4.78, 5) is 14.4. The molecule has 0 spiro atoms. The Hall–Kier alpha value is -1.85. The second-order valence-corrected chi connectivity index (χ2v) is 3.75. The highest BCUT2D eigenvalue weighted by Crippen LogP contribution is 2.29. The number of nitrogens with one attached hydrogen (secondary N) is 1. The summed E-state index contributed by atoms with van der Waals surface area (Å²) >= 11 is 0. The van der Waals surface area contributed by atoms with E-state index in [1.807, 2.05) is 0 Å². The maximum absolute atomic E-state index is 10.8. The molecule has 0 aromatic carbocycles. The molecule has 86 valence electrons. The number of hydrogen-bond donors (Lipinski definition) is 1. The summed E-state index contributed by atoms with van der Waals surface area (Å²) < 4.78 is 4.95. The van der Waals surface area contributed by atoms with Crippen LogP contribution in [0.25, 0.3) is 0 Å². The van der Waals surface area contributed by atoms with Crippen molar-refractivity contribution in [2.24, 2.45) is 0 Å². The van der Waals surface area contributed by atoms with Gasteiger partial charge in [-0.05, 0) is 19.3 Å². The lowest BCUT2D eigenvalue weighted by Crippen LogP contribution is -2.27. The monoisotopic (exact) mass is 223 g/mol. The first kappa shape index (κ1) is 10.7. The molecule has 1 aliphatic rings. The van der Waals surface area contributed by atoms with E-state index in [2.05, 4.69) is 10.3 Å². The molecule has 2 rings (SSSR count). The van der Waals surface area contributed by atoms with Crippen LogP contribution in [-0.2, 0) is 0 Å². The van der Waals surface area contributed by atoms with E-state index < -0.39 is 4.92 Å². The highest BCUT2D eigenvalue weighted by molar-refractivity contribution is 5.57. The summed E-state index contributed by atoms with van der Waals surface area (Å²) in [6.07, 6.45) is 3.24. The van der Waals surface area contributed by atoms with Crippen LogP contribution >= 0.6 is 0 Å². The summed E-state index contributed by atoms with van der Waals surface area (Å²) in [6.45, 7) is 0. The molecule has 1 aromatic heterocycles. The first-order valence-electron chi connectivity index (χ1n) is 5.16. The van der Waals surface area contributed by atoms with Gasteiger partial charge in [0.05, 0.1) is 12.0 Å². The lowest BCUT2D eigenvalue weighted by molar-refractivity contribution is -0.384. The van der Waals surface area contributed by atoms with Crippen molar-refractivity contribution >= 4 is 11.5 Å². The highest BCUT2D eigenvalue weighted by Gasteiger charge is 2.23. The van der Waals surface area contributed by atoms with Crippen LogP contribution in [0.2, 0.25) is 0 Å². The van der Waals surface area contributed by atoms with Gasteiger partial charge < -0.3 is 10.1 Å². The Kier molecular flexibility index (Phi) is 2.89. The Morgan fingerprint density at radius 2 is 2.31 bits per heavy atom. The lowest BCUT2D eigenvalue weighted by atomic mass is 9.93. The molecule has 1 saturated carbocycles. The fourth-order valence-corrected chi connectivity index (χ4v) is 1.55. The van der Waals surface area contributed by atoms with E-state index in [4.69, 9.17) is 4.74 Å². The zero-order valence-electron chi connectivity index (χ0n) is 8.97. The fourth-order valence-electron chi connectivity index (χ4n) is 1.55. The molecule has 1 heterocycles. The van der Waals surface area contributed by atoms with Crippen molar-refractivity contribution in [3.05, 3.63) is 22.2 Å². The van der Waals surface area contributed by atoms with Gasteiger partial charge in [-0.1, -0.05) is 0 Å². The molecule has 6 heteroatoms. The Bertz CT molecular complexity index is 404. The zero-order chi connectivity index (χ0) is 11.5. The number of nitro groups is 1. The van der Waals surface area contributed by atoms with Crippen LogP contribution in [0, 0.1) is 10.1 Å². The Morgan fingerprint density at radius 3 is 2.81 bits per heavy atom. The standard InChI is InChI=1S/C10H13N3O3/c1-16-9-6-5-8(13(14)15)10(12-9)11-7-3-2-4-7/h5-7H,2-4H2,1H3,(H,11,12). The first-order chi connectivity index (χ1) is 7.70. The van der Waals surface area contributed by atoms with Gasteiger partial charge in [-0.2, -0.15) is 4.98 Å². The van der Waals surface area contributed by atoms with Gasteiger partial charge in [0.1, 0.15) is 0 Å². The van der Waals surface area contributed by atoms with E-state index in [0.29, 0.717) is 17.7 Å². The number of ether oxygens (including phenoxy) is 1. The topological polar surface area (TPSA) is 77.3 Å². The third-order valence-electron chi connectivity index (χ3n) is 2.70. The van der Waals surface area contributed by atoms with Gasteiger partial charge in [0.2, 0.25) is 11.7 Å². The van der Waals surface area contributed by atoms with Crippen LogP contribution in [0.1, 0.15) is 19.3 Å². The molecule has 1 fully saturated rings. The van der Waals surface area contributed by atoms with Crippen molar-refractivity contribution < 1.29 is 9.66 Å². The Balaban J connectivity index is 2.25. The van der Waals surface area contributed by atoms with Crippen LogP contribution in [0.15, 0.2) is 12.1 Å². The molecule has 0 saturated heterocycles. The molecule has 0 bridgehead atoms. The third kappa shape index (κ3) is 2.05. The molecule has 0 radical (unpaired) electrons. The van der Waals surface area contributed by atoms with Gasteiger partial charge in [-0.3, -0.25) is 10.1 Å². The molecule has 0 unspecified atom stereocenters. The number of rotatable bonds is 4. The predicted molar refractivity (Wildman–Crippen MR) is 58.7 cm³/mol. The smallest absolute Gasteiger partial charge is 0.311 e. The lowest BCUT2D eigenvalue weighted by Gasteiger charge is -2.26. The van der Waals surface area contributed by atoms with Gasteiger partial charge >= 0.3 is 5.69 Å². The molecule has 16 heavy (non-hydrogen) atoms. The van der Waals surface area contributed by atoms with Crippen LogP contribution in [0.3, 0.4) is 0 Å². The van der Waals surface area contributed by atoms with Crippen molar-refractivity contribution in [1.29, 1.82) is 0 Å². The number of methoxy groups -OCH3 is 1. The van der Waals surface area contributed by atoms with Crippen LogP contribution in [-0.4, -0.2) is 23.1 Å². The fraction of sp³-hybridized carbons (Fsp3) is 0.500. The van der Waals surface area contributed by atoms with Crippen LogP contribution in [0.4, 0.5) is 11.5 Å². The van der Waals surface area contributed by atoms with E-state index in [9.17, 15) is 10.1 Å². The average molecular weight is 223 g/mol. The highest BCUT2D eigenvalue weighted by atomic mass is 16.6. The molecule has 0 aliphatic heterocycles.